The first-order valence-corrected chi connectivity index (χ1v) is 6.24. The lowest BCUT2D eigenvalue weighted by molar-refractivity contribution is -0.183. The first-order chi connectivity index (χ1) is 7.74. The number of piperidine rings is 1. The highest BCUT2D eigenvalue weighted by Gasteiger charge is 2.15. The van der Waals surface area contributed by atoms with E-state index in [4.69, 9.17) is 16.4 Å². The van der Waals surface area contributed by atoms with Crippen LogP contribution in [0, 0.1) is 5.92 Å². The third kappa shape index (κ3) is 3.48. The van der Waals surface area contributed by atoms with E-state index in [0.717, 1.165) is 24.0 Å². The van der Waals surface area contributed by atoms with Crippen molar-refractivity contribution in [2.75, 3.05) is 13.1 Å². The highest BCUT2D eigenvalue weighted by molar-refractivity contribution is 6.30. The van der Waals surface area contributed by atoms with E-state index in [0.29, 0.717) is 6.61 Å². The highest BCUT2D eigenvalue weighted by Crippen LogP contribution is 2.17. The summed E-state index contributed by atoms with van der Waals surface area (Å²) < 4.78 is 0. The fourth-order valence-electron chi connectivity index (χ4n) is 1.86. The molecular weight excluding hydrogens is 222 g/mol. The Morgan fingerprint density at radius 3 is 2.50 bits per heavy atom. The zero-order chi connectivity index (χ0) is 11.4. The van der Waals surface area contributed by atoms with Crippen molar-refractivity contribution in [3.8, 4) is 0 Å². The van der Waals surface area contributed by atoms with Gasteiger partial charge >= 0.3 is 0 Å². The Bertz CT molecular complexity index is 317. The largest absolute Gasteiger partial charge is 0.294 e. The smallest absolute Gasteiger partial charge is 0.0935 e. The van der Waals surface area contributed by atoms with Gasteiger partial charge in [0.1, 0.15) is 0 Å². The maximum absolute atomic E-state index is 5.83. The number of benzene rings is 1. The lowest BCUT2D eigenvalue weighted by atomic mass is 10.0. The number of rotatable bonds is 3. The number of hydroxylamine groups is 2. The molecule has 0 aliphatic carbocycles. The Kier molecular flexibility index (Phi) is 4.22. The SMILES string of the molecule is CC1CCN(OCc2ccc(Cl)cc2)CC1. The molecule has 0 unspecified atom stereocenters. The molecule has 1 fully saturated rings. The molecule has 1 heterocycles. The second kappa shape index (κ2) is 5.67. The van der Waals surface area contributed by atoms with E-state index in [1.165, 1.54) is 18.4 Å². The maximum Gasteiger partial charge on any atom is 0.0935 e. The Labute approximate surface area is 102 Å². The average molecular weight is 240 g/mol. The maximum atomic E-state index is 5.83. The van der Waals surface area contributed by atoms with Crippen molar-refractivity contribution in [2.45, 2.75) is 26.4 Å². The van der Waals surface area contributed by atoms with Crippen molar-refractivity contribution >= 4 is 11.6 Å². The third-order valence-corrected chi connectivity index (χ3v) is 3.32. The van der Waals surface area contributed by atoms with Crippen LogP contribution in [0.25, 0.3) is 0 Å². The van der Waals surface area contributed by atoms with Crippen LogP contribution >= 0.6 is 11.6 Å². The van der Waals surface area contributed by atoms with Crippen LogP contribution in [-0.4, -0.2) is 18.2 Å². The van der Waals surface area contributed by atoms with Gasteiger partial charge in [-0.25, -0.2) is 0 Å². The molecular formula is C13H18ClNO. The lowest BCUT2D eigenvalue weighted by Crippen LogP contribution is -2.32. The van der Waals surface area contributed by atoms with Crippen molar-refractivity contribution < 1.29 is 4.84 Å². The van der Waals surface area contributed by atoms with E-state index in [2.05, 4.69) is 12.0 Å². The molecule has 1 saturated heterocycles. The van der Waals surface area contributed by atoms with Crippen molar-refractivity contribution in [3.63, 3.8) is 0 Å². The molecule has 0 saturated carbocycles. The van der Waals surface area contributed by atoms with Gasteiger partial charge in [-0.2, -0.15) is 5.06 Å². The van der Waals surface area contributed by atoms with Crippen molar-refractivity contribution in [1.82, 2.24) is 5.06 Å². The second-order valence-corrected chi connectivity index (χ2v) is 4.95. The number of nitrogens with zero attached hydrogens (tertiary/aromatic N) is 1. The summed E-state index contributed by atoms with van der Waals surface area (Å²) in [5.41, 5.74) is 1.17. The normalized spacial score (nSPS) is 18.9. The van der Waals surface area contributed by atoms with E-state index in [9.17, 15) is 0 Å². The van der Waals surface area contributed by atoms with Gasteiger partial charge in [-0.1, -0.05) is 30.7 Å². The predicted octanol–water partition coefficient (Wildman–Crippen LogP) is 3.50. The first kappa shape index (κ1) is 11.9. The van der Waals surface area contributed by atoms with Gasteiger partial charge in [-0.3, -0.25) is 4.84 Å². The summed E-state index contributed by atoms with van der Waals surface area (Å²) in [5, 5.41) is 2.85. The van der Waals surface area contributed by atoms with E-state index >= 15 is 0 Å². The summed E-state index contributed by atoms with van der Waals surface area (Å²) in [4.78, 5) is 5.75. The number of halogens is 1. The van der Waals surface area contributed by atoms with E-state index in [1.807, 2.05) is 24.3 Å². The molecule has 3 heteroatoms. The fourth-order valence-corrected chi connectivity index (χ4v) is 1.99. The number of hydrogen-bond acceptors (Lipinski definition) is 2. The summed E-state index contributed by atoms with van der Waals surface area (Å²) in [6, 6.07) is 7.82. The van der Waals surface area contributed by atoms with Gasteiger partial charge in [-0.15, -0.1) is 0 Å². The second-order valence-electron chi connectivity index (χ2n) is 4.51. The highest BCUT2D eigenvalue weighted by atomic mass is 35.5. The van der Waals surface area contributed by atoms with E-state index in [-0.39, 0.29) is 0 Å². The molecule has 16 heavy (non-hydrogen) atoms. The van der Waals surface area contributed by atoms with Gasteiger partial charge < -0.3 is 0 Å². The van der Waals surface area contributed by atoms with Gasteiger partial charge in [0.15, 0.2) is 0 Å². The standard InChI is InChI=1S/C13H18ClNO/c1-11-6-8-15(9-7-11)16-10-12-2-4-13(14)5-3-12/h2-5,11H,6-10H2,1H3. The summed E-state index contributed by atoms with van der Waals surface area (Å²) in [5.74, 6) is 0.843. The van der Waals surface area contributed by atoms with Gasteiger partial charge in [-0.05, 0) is 36.5 Å². The number of hydrogen-bond donors (Lipinski definition) is 0. The molecule has 1 aliphatic heterocycles. The Hall–Kier alpha value is -0.570. The molecule has 0 N–H and O–H groups in total. The molecule has 88 valence electrons. The molecule has 1 aliphatic rings. The predicted molar refractivity (Wildman–Crippen MR) is 66.2 cm³/mol. The Morgan fingerprint density at radius 2 is 1.88 bits per heavy atom. The third-order valence-electron chi connectivity index (χ3n) is 3.07. The minimum atomic E-state index is 0.644. The van der Waals surface area contributed by atoms with Crippen LogP contribution in [0.2, 0.25) is 5.02 Å². The molecule has 2 nitrogen and oxygen atoms in total. The van der Waals surface area contributed by atoms with Gasteiger partial charge in [0.25, 0.3) is 0 Å². The van der Waals surface area contributed by atoms with Crippen LogP contribution in [0.5, 0.6) is 0 Å². The first-order valence-electron chi connectivity index (χ1n) is 5.86. The molecule has 0 bridgehead atoms. The molecule has 1 aromatic rings. The van der Waals surface area contributed by atoms with Crippen molar-refractivity contribution in [3.05, 3.63) is 34.9 Å². The molecule has 0 spiro atoms. The van der Waals surface area contributed by atoms with Crippen LogP contribution in [0.4, 0.5) is 0 Å². The van der Waals surface area contributed by atoms with Crippen LogP contribution in [0.15, 0.2) is 24.3 Å². The van der Waals surface area contributed by atoms with Gasteiger partial charge in [0.05, 0.1) is 6.61 Å². The van der Waals surface area contributed by atoms with Gasteiger partial charge in [0.2, 0.25) is 0 Å². The van der Waals surface area contributed by atoms with E-state index < -0.39 is 0 Å². The minimum absolute atomic E-state index is 0.644. The van der Waals surface area contributed by atoms with Crippen molar-refractivity contribution in [2.24, 2.45) is 5.92 Å². The average Bonchev–Trinajstić information content (AvgIpc) is 2.30. The van der Waals surface area contributed by atoms with E-state index in [1.54, 1.807) is 0 Å². The zero-order valence-electron chi connectivity index (χ0n) is 9.66. The topological polar surface area (TPSA) is 12.5 Å². The zero-order valence-corrected chi connectivity index (χ0v) is 10.4. The Balaban J connectivity index is 1.77. The summed E-state index contributed by atoms with van der Waals surface area (Å²) in [6.45, 7) is 5.05. The molecule has 2 rings (SSSR count). The summed E-state index contributed by atoms with van der Waals surface area (Å²) in [6.07, 6.45) is 2.47. The minimum Gasteiger partial charge on any atom is -0.294 e. The molecule has 0 radical (unpaired) electrons. The monoisotopic (exact) mass is 239 g/mol. The summed E-state index contributed by atoms with van der Waals surface area (Å²) >= 11 is 5.83. The molecule has 0 atom stereocenters. The van der Waals surface area contributed by atoms with Crippen LogP contribution in [0.3, 0.4) is 0 Å². The molecule has 0 amide bonds. The van der Waals surface area contributed by atoms with Crippen LogP contribution < -0.4 is 0 Å². The molecule has 1 aromatic carbocycles. The van der Waals surface area contributed by atoms with Crippen LogP contribution in [-0.2, 0) is 11.4 Å². The van der Waals surface area contributed by atoms with Crippen LogP contribution in [0.1, 0.15) is 25.3 Å². The van der Waals surface area contributed by atoms with Crippen molar-refractivity contribution in [1.29, 1.82) is 0 Å². The Morgan fingerprint density at radius 1 is 1.25 bits per heavy atom. The lowest BCUT2D eigenvalue weighted by Gasteiger charge is -2.29. The summed E-state index contributed by atoms with van der Waals surface area (Å²) in [7, 11) is 0. The quantitative estimate of drug-likeness (QED) is 0.801. The molecule has 0 aromatic heterocycles. The van der Waals surface area contributed by atoms with Gasteiger partial charge in [0, 0.05) is 18.1 Å². The fraction of sp³-hybridized carbons (Fsp3) is 0.538.